The van der Waals surface area contributed by atoms with Gasteiger partial charge in [-0.3, -0.25) is 0 Å². The van der Waals surface area contributed by atoms with Gasteiger partial charge in [-0.25, -0.2) is 4.79 Å². The molecule has 122 valence electrons. The van der Waals surface area contributed by atoms with Crippen LogP contribution in [0.2, 0.25) is 0 Å². The van der Waals surface area contributed by atoms with E-state index in [1.54, 1.807) is 23.5 Å². The molecule has 1 aliphatic rings. The third kappa shape index (κ3) is 3.76. The zero-order chi connectivity index (χ0) is 16.2. The number of nitrogens with zero attached hydrogens (tertiary/aromatic N) is 2. The number of rotatable bonds is 3. The van der Waals surface area contributed by atoms with Gasteiger partial charge in [-0.15, -0.1) is 11.3 Å². The largest absolute Gasteiger partial charge is 0.508 e. The summed E-state index contributed by atoms with van der Waals surface area (Å²) in [4.78, 5) is 17.6. The molecular formula is C17H21N3O2S. The van der Waals surface area contributed by atoms with Gasteiger partial charge in [0.25, 0.3) is 0 Å². The van der Waals surface area contributed by atoms with Gasteiger partial charge in [0.2, 0.25) is 0 Å². The van der Waals surface area contributed by atoms with E-state index in [9.17, 15) is 9.90 Å². The molecule has 0 radical (unpaired) electrons. The number of hydrogen-bond donors (Lipinski definition) is 2. The van der Waals surface area contributed by atoms with Crippen molar-refractivity contribution < 1.29 is 9.90 Å². The van der Waals surface area contributed by atoms with Gasteiger partial charge in [0, 0.05) is 42.8 Å². The second-order valence-electron chi connectivity index (χ2n) is 5.68. The second-order valence-corrected chi connectivity index (χ2v) is 6.66. The summed E-state index contributed by atoms with van der Waals surface area (Å²) >= 11 is 1.65. The number of piperazine rings is 1. The van der Waals surface area contributed by atoms with Gasteiger partial charge in [-0.05, 0) is 30.5 Å². The van der Waals surface area contributed by atoms with Gasteiger partial charge in [0.05, 0.1) is 6.04 Å². The fraction of sp³-hybridized carbons (Fsp3) is 0.353. The summed E-state index contributed by atoms with van der Waals surface area (Å²) in [6.45, 7) is 4.90. The highest BCUT2D eigenvalue weighted by molar-refractivity contribution is 7.10. The van der Waals surface area contributed by atoms with Gasteiger partial charge in [-0.2, -0.15) is 0 Å². The van der Waals surface area contributed by atoms with E-state index in [4.69, 9.17) is 0 Å². The molecule has 0 unspecified atom stereocenters. The summed E-state index contributed by atoms with van der Waals surface area (Å²) in [6, 6.07) is 11.3. The molecule has 2 N–H and O–H groups in total. The van der Waals surface area contributed by atoms with Gasteiger partial charge >= 0.3 is 6.03 Å². The molecule has 1 aromatic carbocycles. The molecule has 1 aliphatic heterocycles. The summed E-state index contributed by atoms with van der Waals surface area (Å²) in [5.41, 5.74) is 0.997. The van der Waals surface area contributed by atoms with Crippen molar-refractivity contribution in [2.24, 2.45) is 0 Å². The van der Waals surface area contributed by atoms with Crippen molar-refractivity contribution in [3.63, 3.8) is 0 Å². The zero-order valence-electron chi connectivity index (χ0n) is 13.1. The first kappa shape index (κ1) is 15.7. The first-order valence-corrected chi connectivity index (χ1v) is 8.64. The normalized spacial score (nSPS) is 16.2. The molecular weight excluding hydrogens is 310 g/mol. The maximum atomic E-state index is 12.4. The molecule has 0 spiro atoms. The number of carbonyl (C=O) groups is 1. The summed E-state index contributed by atoms with van der Waals surface area (Å²) in [6.07, 6.45) is 0. The molecule has 1 atom stereocenters. The Kier molecular flexibility index (Phi) is 4.71. The maximum Gasteiger partial charge on any atom is 0.318 e. The second kappa shape index (κ2) is 6.91. The van der Waals surface area contributed by atoms with E-state index in [0.29, 0.717) is 13.1 Å². The highest BCUT2D eigenvalue weighted by atomic mass is 32.1. The van der Waals surface area contributed by atoms with Crippen molar-refractivity contribution in [2.45, 2.75) is 13.0 Å². The highest BCUT2D eigenvalue weighted by Crippen LogP contribution is 2.22. The van der Waals surface area contributed by atoms with Crippen LogP contribution in [0.3, 0.4) is 0 Å². The lowest BCUT2D eigenvalue weighted by molar-refractivity contribution is 0.191. The van der Waals surface area contributed by atoms with Crippen LogP contribution in [0, 0.1) is 0 Å². The Bertz CT molecular complexity index is 652. The molecule has 1 fully saturated rings. The minimum absolute atomic E-state index is 0.0125. The van der Waals surface area contributed by atoms with Crippen LogP contribution >= 0.6 is 11.3 Å². The minimum atomic E-state index is -0.0125. The van der Waals surface area contributed by atoms with Crippen molar-refractivity contribution in [3.05, 3.63) is 46.7 Å². The van der Waals surface area contributed by atoms with E-state index in [-0.39, 0.29) is 17.8 Å². The topological polar surface area (TPSA) is 55.8 Å². The van der Waals surface area contributed by atoms with E-state index < -0.39 is 0 Å². The van der Waals surface area contributed by atoms with E-state index in [1.165, 1.54) is 0 Å². The van der Waals surface area contributed by atoms with Crippen molar-refractivity contribution in [1.29, 1.82) is 0 Å². The first-order valence-electron chi connectivity index (χ1n) is 7.76. The summed E-state index contributed by atoms with van der Waals surface area (Å²) < 4.78 is 0. The molecule has 2 heterocycles. The van der Waals surface area contributed by atoms with E-state index in [0.717, 1.165) is 23.7 Å². The Morgan fingerprint density at radius 2 is 2.00 bits per heavy atom. The van der Waals surface area contributed by atoms with Crippen LogP contribution in [-0.2, 0) is 0 Å². The van der Waals surface area contributed by atoms with Crippen LogP contribution in [0.15, 0.2) is 41.8 Å². The minimum Gasteiger partial charge on any atom is -0.508 e. The Labute approximate surface area is 140 Å². The lowest BCUT2D eigenvalue weighted by atomic mass is 10.2. The van der Waals surface area contributed by atoms with Crippen molar-refractivity contribution in [1.82, 2.24) is 10.2 Å². The Morgan fingerprint density at radius 1 is 1.22 bits per heavy atom. The predicted octanol–water partition coefficient (Wildman–Crippen LogP) is 3.05. The van der Waals surface area contributed by atoms with E-state index >= 15 is 0 Å². The Morgan fingerprint density at radius 3 is 2.65 bits per heavy atom. The summed E-state index contributed by atoms with van der Waals surface area (Å²) in [5.74, 6) is 0.271. The number of phenolic OH excluding ortho intramolecular Hbond substituents is 1. The lowest BCUT2D eigenvalue weighted by Crippen LogP contribution is -2.52. The number of carbonyl (C=O) groups excluding carboxylic acids is 1. The molecule has 2 amide bonds. The molecule has 1 saturated heterocycles. The van der Waals surface area contributed by atoms with Gasteiger partial charge in [-0.1, -0.05) is 12.1 Å². The average Bonchev–Trinajstić information content (AvgIpc) is 3.09. The standard InChI is InChI=1S/C17H21N3O2S/c1-13(16-6-3-11-23-16)18-17(22)20-9-7-19(8-10-20)14-4-2-5-15(21)12-14/h2-6,11-13,21H,7-10H2,1H3,(H,18,22)/t13-/m1/s1. The molecule has 2 aromatic rings. The van der Waals surface area contributed by atoms with E-state index in [2.05, 4.69) is 10.2 Å². The summed E-state index contributed by atoms with van der Waals surface area (Å²) in [7, 11) is 0. The maximum absolute atomic E-state index is 12.4. The molecule has 3 rings (SSSR count). The third-order valence-electron chi connectivity index (χ3n) is 4.07. The smallest absolute Gasteiger partial charge is 0.318 e. The van der Waals surface area contributed by atoms with Gasteiger partial charge in [0.1, 0.15) is 5.75 Å². The molecule has 0 saturated carbocycles. The monoisotopic (exact) mass is 331 g/mol. The zero-order valence-corrected chi connectivity index (χ0v) is 13.9. The predicted molar refractivity (Wildman–Crippen MR) is 93.2 cm³/mol. The molecule has 0 bridgehead atoms. The number of urea groups is 1. The number of thiophene rings is 1. The molecule has 6 heteroatoms. The number of anilines is 1. The fourth-order valence-corrected chi connectivity index (χ4v) is 3.48. The average molecular weight is 331 g/mol. The Balaban J connectivity index is 1.53. The lowest BCUT2D eigenvalue weighted by Gasteiger charge is -2.36. The molecule has 5 nitrogen and oxygen atoms in total. The molecule has 0 aliphatic carbocycles. The van der Waals surface area contributed by atoms with Crippen LogP contribution in [0.4, 0.5) is 10.5 Å². The third-order valence-corrected chi connectivity index (χ3v) is 5.13. The number of aromatic hydroxyl groups is 1. The number of amides is 2. The number of phenols is 1. The first-order chi connectivity index (χ1) is 11.1. The van der Waals surface area contributed by atoms with Crippen molar-refractivity contribution in [2.75, 3.05) is 31.1 Å². The molecule has 1 aromatic heterocycles. The van der Waals surface area contributed by atoms with Crippen LogP contribution < -0.4 is 10.2 Å². The SMILES string of the molecule is C[C@@H](NC(=O)N1CCN(c2cccc(O)c2)CC1)c1cccs1. The van der Waals surface area contributed by atoms with Crippen LogP contribution in [-0.4, -0.2) is 42.2 Å². The van der Waals surface area contributed by atoms with Gasteiger partial charge < -0.3 is 20.2 Å². The van der Waals surface area contributed by atoms with Crippen LogP contribution in [0.5, 0.6) is 5.75 Å². The number of nitrogens with one attached hydrogen (secondary N) is 1. The van der Waals surface area contributed by atoms with Crippen molar-refractivity contribution in [3.8, 4) is 5.75 Å². The van der Waals surface area contributed by atoms with Crippen LogP contribution in [0.1, 0.15) is 17.8 Å². The van der Waals surface area contributed by atoms with E-state index in [1.807, 2.05) is 41.5 Å². The summed E-state index contributed by atoms with van der Waals surface area (Å²) in [5, 5.41) is 14.6. The van der Waals surface area contributed by atoms with Gasteiger partial charge in [0.15, 0.2) is 0 Å². The van der Waals surface area contributed by atoms with Crippen LogP contribution in [0.25, 0.3) is 0 Å². The fourth-order valence-electron chi connectivity index (χ4n) is 2.74. The highest BCUT2D eigenvalue weighted by Gasteiger charge is 2.22. The Hall–Kier alpha value is -2.21. The molecule has 23 heavy (non-hydrogen) atoms. The number of benzene rings is 1. The number of hydrogen-bond acceptors (Lipinski definition) is 4. The van der Waals surface area contributed by atoms with Crippen molar-refractivity contribution >= 4 is 23.1 Å². The quantitative estimate of drug-likeness (QED) is 0.909.